The molecule has 6 heteroatoms. The number of nitrogens with one attached hydrogen (secondary N) is 2. The molecule has 3 rings (SSSR count). The summed E-state index contributed by atoms with van der Waals surface area (Å²) in [6, 6.07) is 15.9. The predicted octanol–water partition coefficient (Wildman–Crippen LogP) is 2.55. The molecule has 2 amide bonds. The van der Waals surface area contributed by atoms with Crippen LogP contribution < -0.4 is 16.1 Å². The fraction of sp³-hybridized carbons (Fsp3) is 0.105. The van der Waals surface area contributed by atoms with E-state index in [2.05, 4.69) is 10.6 Å². The van der Waals surface area contributed by atoms with Gasteiger partial charge < -0.3 is 15.1 Å². The van der Waals surface area contributed by atoms with E-state index in [1.165, 1.54) is 0 Å². The number of hydrogen-bond donors (Lipinski definition) is 2. The maximum Gasteiger partial charge on any atom is 0.287 e. The van der Waals surface area contributed by atoms with Crippen molar-refractivity contribution in [3.63, 3.8) is 0 Å². The molecule has 0 saturated heterocycles. The third-order valence-electron chi connectivity index (χ3n) is 3.64. The van der Waals surface area contributed by atoms with Crippen LogP contribution in [0.5, 0.6) is 0 Å². The van der Waals surface area contributed by atoms with Gasteiger partial charge in [0.25, 0.3) is 5.91 Å². The van der Waals surface area contributed by atoms with E-state index >= 15 is 0 Å². The largest absolute Gasteiger partial charge is 0.451 e. The number of hydrogen-bond acceptors (Lipinski definition) is 4. The van der Waals surface area contributed by atoms with Crippen LogP contribution in [-0.2, 0) is 4.79 Å². The number of carbonyl (C=O) groups excluding carboxylic acids is 2. The lowest BCUT2D eigenvalue weighted by atomic mass is 10.2. The Bertz CT molecular complexity index is 979. The highest BCUT2D eigenvalue weighted by molar-refractivity contribution is 6.00. The number of amides is 2. The standard InChI is InChI=1S/C19H16N2O4/c1-12(18(23)21-13-7-3-2-4-8-13)20-19(24)17-11-15(22)14-9-5-6-10-16(14)25-17/h2-12H,1H3,(H,20,24)(H,21,23). The predicted molar refractivity (Wildman–Crippen MR) is 94.5 cm³/mol. The van der Waals surface area contributed by atoms with Gasteiger partial charge in [0.2, 0.25) is 5.91 Å². The van der Waals surface area contributed by atoms with Crippen molar-refractivity contribution >= 4 is 28.5 Å². The van der Waals surface area contributed by atoms with E-state index in [1.807, 2.05) is 6.07 Å². The van der Waals surface area contributed by atoms with Crippen LogP contribution in [0, 0.1) is 0 Å². The Morgan fingerprint density at radius 3 is 2.44 bits per heavy atom. The number of carbonyl (C=O) groups is 2. The Labute approximate surface area is 143 Å². The summed E-state index contributed by atoms with van der Waals surface area (Å²) in [5.74, 6) is -1.13. The Balaban J connectivity index is 1.73. The van der Waals surface area contributed by atoms with Crippen LogP contribution in [0.2, 0.25) is 0 Å². The van der Waals surface area contributed by atoms with Gasteiger partial charge >= 0.3 is 0 Å². The fourth-order valence-corrected chi connectivity index (χ4v) is 2.32. The molecule has 0 aliphatic carbocycles. The first kappa shape index (κ1) is 16.4. The van der Waals surface area contributed by atoms with Crippen LogP contribution in [0.4, 0.5) is 5.69 Å². The number of fused-ring (bicyclic) bond motifs is 1. The van der Waals surface area contributed by atoms with E-state index in [0.29, 0.717) is 16.7 Å². The summed E-state index contributed by atoms with van der Waals surface area (Å²) in [4.78, 5) is 36.5. The monoisotopic (exact) mass is 336 g/mol. The van der Waals surface area contributed by atoms with Gasteiger partial charge in [-0.05, 0) is 31.2 Å². The molecule has 6 nitrogen and oxygen atoms in total. The van der Waals surface area contributed by atoms with Gasteiger partial charge in [-0.2, -0.15) is 0 Å². The summed E-state index contributed by atoms with van der Waals surface area (Å²) in [7, 11) is 0. The molecule has 1 heterocycles. The Morgan fingerprint density at radius 1 is 1.00 bits per heavy atom. The topological polar surface area (TPSA) is 88.4 Å². The highest BCUT2D eigenvalue weighted by Crippen LogP contribution is 2.12. The Kier molecular flexibility index (Phi) is 4.61. The van der Waals surface area contributed by atoms with E-state index in [9.17, 15) is 14.4 Å². The zero-order valence-electron chi connectivity index (χ0n) is 13.5. The molecule has 0 aliphatic heterocycles. The molecular formula is C19H16N2O4. The van der Waals surface area contributed by atoms with Crippen LogP contribution in [0.3, 0.4) is 0 Å². The summed E-state index contributed by atoms with van der Waals surface area (Å²) in [6.45, 7) is 1.55. The van der Waals surface area contributed by atoms with Gasteiger partial charge in [0.1, 0.15) is 11.6 Å². The number of anilines is 1. The average Bonchev–Trinajstić information content (AvgIpc) is 2.62. The number of benzene rings is 2. The zero-order chi connectivity index (χ0) is 17.8. The third-order valence-corrected chi connectivity index (χ3v) is 3.64. The molecule has 0 fully saturated rings. The third kappa shape index (κ3) is 3.74. The van der Waals surface area contributed by atoms with Crippen molar-refractivity contribution in [2.24, 2.45) is 0 Å². The van der Waals surface area contributed by atoms with Gasteiger partial charge in [0.05, 0.1) is 5.39 Å². The summed E-state index contributed by atoms with van der Waals surface area (Å²) in [5, 5.41) is 5.62. The number of rotatable bonds is 4. The normalized spacial score (nSPS) is 11.7. The van der Waals surface area contributed by atoms with E-state index in [1.54, 1.807) is 55.5 Å². The molecule has 0 spiro atoms. The number of para-hydroxylation sites is 2. The molecule has 0 saturated carbocycles. The smallest absolute Gasteiger partial charge is 0.287 e. The first-order valence-corrected chi connectivity index (χ1v) is 7.74. The quantitative estimate of drug-likeness (QED) is 0.766. The Morgan fingerprint density at radius 2 is 1.68 bits per heavy atom. The van der Waals surface area contributed by atoms with Crippen LogP contribution in [-0.4, -0.2) is 17.9 Å². The second-order valence-electron chi connectivity index (χ2n) is 5.52. The van der Waals surface area contributed by atoms with E-state index in [-0.39, 0.29) is 17.1 Å². The van der Waals surface area contributed by atoms with Crippen molar-refractivity contribution in [3.8, 4) is 0 Å². The molecule has 0 bridgehead atoms. The molecule has 2 N–H and O–H groups in total. The van der Waals surface area contributed by atoms with Gasteiger partial charge in [-0.15, -0.1) is 0 Å². The summed E-state index contributed by atoms with van der Waals surface area (Å²) >= 11 is 0. The van der Waals surface area contributed by atoms with E-state index < -0.39 is 11.9 Å². The first-order chi connectivity index (χ1) is 12.0. The lowest BCUT2D eigenvalue weighted by Crippen LogP contribution is -2.41. The minimum atomic E-state index is -0.801. The Hall–Kier alpha value is -3.41. The van der Waals surface area contributed by atoms with Crippen LogP contribution in [0.25, 0.3) is 11.0 Å². The van der Waals surface area contributed by atoms with Gasteiger partial charge in [0.15, 0.2) is 11.2 Å². The van der Waals surface area contributed by atoms with Gasteiger partial charge in [-0.1, -0.05) is 30.3 Å². The minimum absolute atomic E-state index is 0.136. The molecule has 1 unspecified atom stereocenters. The van der Waals surface area contributed by atoms with Crippen molar-refractivity contribution in [1.29, 1.82) is 0 Å². The van der Waals surface area contributed by atoms with Crippen LogP contribution in [0.1, 0.15) is 17.5 Å². The highest BCUT2D eigenvalue weighted by atomic mass is 16.3. The molecule has 0 aliphatic rings. The molecule has 3 aromatic rings. The van der Waals surface area contributed by atoms with E-state index in [0.717, 1.165) is 6.07 Å². The second-order valence-corrected chi connectivity index (χ2v) is 5.52. The maximum absolute atomic E-state index is 12.3. The van der Waals surface area contributed by atoms with Crippen LogP contribution in [0.15, 0.2) is 69.9 Å². The van der Waals surface area contributed by atoms with Crippen molar-refractivity contribution in [2.45, 2.75) is 13.0 Å². The molecule has 0 radical (unpaired) electrons. The van der Waals surface area contributed by atoms with Gasteiger partial charge in [0, 0.05) is 11.8 Å². The first-order valence-electron chi connectivity index (χ1n) is 7.74. The van der Waals surface area contributed by atoms with E-state index in [4.69, 9.17) is 4.42 Å². The molecular weight excluding hydrogens is 320 g/mol. The van der Waals surface area contributed by atoms with Crippen molar-refractivity contribution in [2.75, 3.05) is 5.32 Å². The summed E-state index contributed by atoms with van der Waals surface area (Å²) < 4.78 is 5.46. The van der Waals surface area contributed by atoms with Crippen molar-refractivity contribution in [3.05, 3.63) is 76.6 Å². The summed E-state index contributed by atoms with van der Waals surface area (Å²) in [5.41, 5.74) is 0.640. The van der Waals surface area contributed by atoms with Gasteiger partial charge in [-0.3, -0.25) is 14.4 Å². The summed E-state index contributed by atoms with van der Waals surface area (Å²) in [6.07, 6.45) is 0. The van der Waals surface area contributed by atoms with Gasteiger partial charge in [-0.25, -0.2) is 0 Å². The lowest BCUT2D eigenvalue weighted by Gasteiger charge is -2.13. The highest BCUT2D eigenvalue weighted by Gasteiger charge is 2.19. The zero-order valence-corrected chi connectivity index (χ0v) is 13.5. The average molecular weight is 336 g/mol. The van der Waals surface area contributed by atoms with Crippen molar-refractivity contribution < 1.29 is 14.0 Å². The molecule has 2 aromatic carbocycles. The minimum Gasteiger partial charge on any atom is -0.451 e. The molecule has 1 aromatic heterocycles. The fourth-order valence-electron chi connectivity index (χ4n) is 2.32. The molecule has 126 valence electrons. The van der Waals surface area contributed by atoms with Crippen molar-refractivity contribution in [1.82, 2.24) is 5.32 Å². The maximum atomic E-state index is 12.3. The second kappa shape index (κ2) is 7.00. The molecule has 25 heavy (non-hydrogen) atoms. The lowest BCUT2D eigenvalue weighted by molar-refractivity contribution is -0.117. The SMILES string of the molecule is CC(NC(=O)c1cc(=O)c2ccccc2o1)C(=O)Nc1ccccc1. The molecule has 1 atom stereocenters. The van der Waals surface area contributed by atoms with Crippen LogP contribution >= 0.6 is 0 Å².